The highest BCUT2D eigenvalue weighted by Crippen LogP contribution is 2.46. The molecule has 4 N–H and O–H groups in total. The van der Waals surface area contributed by atoms with E-state index in [1.807, 2.05) is 0 Å². The molecule has 2 fully saturated rings. The average molecular weight is 582 g/mol. The van der Waals surface area contributed by atoms with Crippen molar-refractivity contribution in [3.05, 3.63) is 51.2 Å². The van der Waals surface area contributed by atoms with Gasteiger partial charge in [0, 0.05) is 31.0 Å². The molecular weight excluding hydrogens is 550 g/mol. The molecule has 12 heteroatoms. The molecule has 10 nitrogen and oxygen atoms in total. The van der Waals surface area contributed by atoms with Crippen molar-refractivity contribution in [1.29, 1.82) is 0 Å². The third kappa shape index (κ3) is 5.12. The van der Waals surface area contributed by atoms with Crippen LogP contribution in [0.5, 0.6) is 5.88 Å². The van der Waals surface area contributed by atoms with E-state index >= 15 is 0 Å². The van der Waals surface area contributed by atoms with Crippen LogP contribution in [0.4, 0.5) is 17.3 Å². The Bertz CT molecular complexity index is 1510. The highest BCUT2D eigenvalue weighted by atomic mass is 35.5. The number of nitrogens with two attached hydrogens (primary N) is 1. The van der Waals surface area contributed by atoms with Gasteiger partial charge in [-0.3, -0.25) is 14.2 Å². The number of nitrogens with one attached hydrogen (secondary N) is 1. The van der Waals surface area contributed by atoms with Gasteiger partial charge in [-0.05, 0) is 56.1 Å². The van der Waals surface area contributed by atoms with E-state index in [2.05, 4.69) is 25.2 Å². The number of halogens is 1. The first-order chi connectivity index (χ1) is 19.3. The first-order valence-electron chi connectivity index (χ1n) is 13.8. The van der Waals surface area contributed by atoms with Crippen LogP contribution in [-0.4, -0.2) is 43.6 Å². The Morgan fingerprint density at radius 1 is 1.07 bits per heavy atom. The SMILES string of the molecule is Nc1nc(N2CCC3(CCCC3)CC2)cnc1Sc1cccc(NC(=O)c2c(O)nc3n(c2=O)CCCC3)c1Cl. The normalized spacial score (nSPS) is 18.1. The summed E-state index contributed by atoms with van der Waals surface area (Å²) in [6.45, 7) is 2.40. The predicted molar refractivity (Wildman–Crippen MR) is 155 cm³/mol. The molecule has 40 heavy (non-hydrogen) atoms. The van der Waals surface area contributed by atoms with Crippen LogP contribution in [0.2, 0.25) is 5.02 Å². The minimum absolute atomic E-state index is 0.259. The molecule has 1 spiro atoms. The number of aromatic nitrogens is 4. The van der Waals surface area contributed by atoms with Crippen molar-refractivity contribution < 1.29 is 9.90 Å². The lowest BCUT2D eigenvalue weighted by atomic mass is 9.77. The standard InChI is InChI=1S/C28H32ClN7O3S/c29-22-17(32-24(37)21-25(38)34-19-8-1-4-13-36(19)27(21)39)6-5-7-18(22)40-26-23(30)33-20(16-31-26)35-14-11-28(12-15-35)9-2-3-10-28/h5-7,16,38H,1-4,8-15H2,(H2,30,33)(H,32,37). The van der Waals surface area contributed by atoms with Crippen molar-refractivity contribution in [1.82, 2.24) is 19.5 Å². The van der Waals surface area contributed by atoms with E-state index in [1.165, 1.54) is 54.9 Å². The van der Waals surface area contributed by atoms with Gasteiger partial charge < -0.3 is 21.1 Å². The molecule has 2 aliphatic heterocycles. The summed E-state index contributed by atoms with van der Waals surface area (Å²) in [5.41, 5.74) is 6.17. The highest BCUT2D eigenvalue weighted by Gasteiger charge is 2.37. The molecule has 3 aliphatic rings. The van der Waals surface area contributed by atoms with E-state index < -0.39 is 22.9 Å². The van der Waals surface area contributed by atoms with Crippen LogP contribution in [-0.2, 0) is 13.0 Å². The number of piperidine rings is 1. The van der Waals surface area contributed by atoms with Gasteiger partial charge in [0.25, 0.3) is 11.5 Å². The summed E-state index contributed by atoms with van der Waals surface area (Å²) in [6.07, 6.45) is 11.8. The smallest absolute Gasteiger partial charge is 0.270 e. The van der Waals surface area contributed by atoms with Crippen LogP contribution in [0.1, 0.15) is 67.5 Å². The van der Waals surface area contributed by atoms with E-state index in [0.717, 1.165) is 31.7 Å². The van der Waals surface area contributed by atoms with Crippen LogP contribution in [0.25, 0.3) is 0 Å². The molecule has 1 saturated heterocycles. The summed E-state index contributed by atoms with van der Waals surface area (Å²) in [7, 11) is 0. The summed E-state index contributed by atoms with van der Waals surface area (Å²) in [6, 6.07) is 5.14. The van der Waals surface area contributed by atoms with Gasteiger partial charge >= 0.3 is 0 Å². The van der Waals surface area contributed by atoms with E-state index in [-0.39, 0.29) is 10.7 Å². The molecule has 0 bridgehead atoms. The zero-order valence-corrected chi connectivity index (χ0v) is 23.7. The third-order valence-corrected chi connectivity index (χ3v) is 10.1. The lowest BCUT2D eigenvalue weighted by Gasteiger charge is -2.39. The summed E-state index contributed by atoms with van der Waals surface area (Å²) in [5, 5.41) is 13.8. The summed E-state index contributed by atoms with van der Waals surface area (Å²) in [5.74, 6) is 0.236. The molecule has 0 radical (unpaired) electrons. The fraction of sp³-hybridized carbons (Fsp3) is 0.464. The van der Waals surface area contributed by atoms with Crippen molar-refractivity contribution >= 4 is 46.6 Å². The van der Waals surface area contributed by atoms with Gasteiger partial charge in [-0.1, -0.05) is 42.3 Å². The number of hydrogen-bond acceptors (Lipinski definition) is 9. The number of carbonyl (C=O) groups excluding carboxylic acids is 1. The molecule has 3 aromatic rings. The van der Waals surface area contributed by atoms with Crippen LogP contribution in [0.3, 0.4) is 0 Å². The number of aromatic hydroxyl groups is 1. The van der Waals surface area contributed by atoms with Crippen LogP contribution < -0.4 is 21.5 Å². The molecular formula is C28H32ClN7O3S. The van der Waals surface area contributed by atoms with Crippen LogP contribution in [0.15, 0.2) is 39.1 Å². The summed E-state index contributed by atoms with van der Waals surface area (Å²) < 4.78 is 1.45. The number of fused-ring (bicyclic) bond motifs is 1. The maximum Gasteiger partial charge on any atom is 0.270 e. The second-order valence-corrected chi connectivity index (χ2v) is 12.3. The molecule has 210 valence electrons. The Labute approximate surface area is 241 Å². The second kappa shape index (κ2) is 10.9. The monoisotopic (exact) mass is 581 g/mol. The molecule has 0 atom stereocenters. The number of carbonyl (C=O) groups is 1. The van der Waals surface area contributed by atoms with Gasteiger partial charge in [0.15, 0.2) is 11.4 Å². The number of aryl methyl sites for hydroxylation is 1. The molecule has 1 saturated carbocycles. The zero-order chi connectivity index (χ0) is 27.9. The van der Waals surface area contributed by atoms with Crippen molar-refractivity contribution in [2.45, 2.75) is 74.3 Å². The molecule has 2 aromatic heterocycles. The number of amides is 1. The first kappa shape index (κ1) is 26.9. The molecule has 4 heterocycles. The topological polar surface area (TPSA) is 139 Å². The maximum atomic E-state index is 13.1. The highest BCUT2D eigenvalue weighted by molar-refractivity contribution is 7.99. The molecule has 0 unspecified atom stereocenters. The average Bonchev–Trinajstić information content (AvgIpc) is 3.40. The lowest BCUT2D eigenvalue weighted by Crippen LogP contribution is -2.39. The van der Waals surface area contributed by atoms with Gasteiger partial charge in [-0.25, -0.2) is 9.97 Å². The number of hydrogen-bond donors (Lipinski definition) is 3. The van der Waals surface area contributed by atoms with E-state index in [4.69, 9.17) is 17.3 Å². The van der Waals surface area contributed by atoms with Gasteiger partial charge in [0.1, 0.15) is 16.7 Å². The number of nitrogen functional groups attached to an aromatic ring is 1. The quantitative estimate of drug-likeness (QED) is 0.385. The zero-order valence-electron chi connectivity index (χ0n) is 22.2. The molecule has 1 amide bonds. The first-order valence-corrected chi connectivity index (χ1v) is 15.0. The Balaban J connectivity index is 1.17. The number of nitrogens with zero attached hydrogens (tertiary/aromatic N) is 5. The molecule has 6 rings (SSSR count). The summed E-state index contributed by atoms with van der Waals surface area (Å²) >= 11 is 7.90. The largest absolute Gasteiger partial charge is 0.493 e. The molecule has 1 aliphatic carbocycles. The van der Waals surface area contributed by atoms with Gasteiger partial charge in [-0.15, -0.1) is 0 Å². The van der Waals surface area contributed by atoms with Crippen molar-refractivity contribution in [3.8, 4) is 5.88 Å². The fourth-order valence-corrected chi connectivity index (χ4v) is 7.28. The van der Waals surface area contributed by atoms with E-state index in [1.54, 1.807) is 24.4 Å². The maximum absolute atomic E-state index is 13.1. The Hall–Kier alpha value is -3.31. The summed E-state index contributed by atoms with van der Waals surface area (Å²) in [4.78, 5) is 42.2. The van der Waals surface area contributed by atoms with Crippen molar-refractivity contribution in [2.75, 3.05) is 29.0 Å². The minimum atomic E-state index is -0.774. The minimum Gasteiger partial charge on any atom is -0.493 e. The Morgan fingerprint density at radius 2 is 1.85 bits per heavy atom. The second-order valence-electron chi connectivity index (χ2n) is 10.9. The van der Waals surface area contributed by atoms with Gasteiger partial charge in [-0.2, -0.15) is 4.98 Å². The van der Waals surface area contributed by atoms with E-state index in [0.29, 0.717) is 39.9 Å². The predicted octanol–water partition coefficient (Wildman–Crippen LogP) is 4.87. The number of anilines is 3. The Morgan fingerprint density at radius 3 is 2.60 bits per heavy atom. The molecule has 1 aromatic carbocycles. The van der Waals surface area contributed by atoms with Gasteiger partial charge in [0.05, 0.1) is 16.9 Å². The van der Waals surface area contributed by atoms with Crippen molar-refractivity contribution in [3.63, 3.8) is 0 Å². The van der Waals surface area contributed by atoms with E-state index in [9.17, 15) is 14.7 Å². The number of rotatable bonds is 5. The van der Waals surface area contributed by atoms with Crippen LogP contribution in [0, 0.1) is 5.41 Å². The van der Waals surface area contributed by atoms with Gasteiger partial charge in [0.2, 0.25) is 5.88 Å². The van der Waals surface area contributed by atoms with Crippen molar-refractivity contribution in [2.24, 2.45) is 5.41 Å². The number of benzene rings is 1. The third-order valence-electron chi connectivity index (χ3n) is 8.47. The fourth-order valence-electron chi connectivity index (χ4n) is 6.18. The van der Waals surface area contributed by atoms with Crippen LogP contribution >= 0.6 is 23.4 Å². The lowest BCUT2D eigenvalue weighted by molar-refractivity contribution is 0.102. The Kier molecular flexibility index (Phi) is 7.35.